The number of esters is 1. The van der Waals surface area contributed by atoms with Crippen molar-refractivity contribution in [1.29, 1.82) is 0 Å². The minimum atomic E-state index is -3.71. The van der Waals surface area contributed by atoms with Gasteiger partial charge in [-0.1, -0.05) is 19.1 Å². The van der Waals surface area contributed by atoms with Crippen LogP contribution in [0.1, 0.15) is 6.92 Å². The number of carbonyl (C=O) groups is 1. The lowest BCUT2D eigenvalue weighted by Crippen LogP contribution is -2.34. The molecule has 19 heavy (non-hydrogen) atoms. The predicted molar refractivity (Wildman–Crippen MR) is 71.9 cm³/mol. The number of nitrogens with two attached hydrogens (primary N) is 1. The molecule has 0 amide bonds. The van der Waals surface area contributed by atoms with Crippen LogP contribution >= 0.6 is 0 Å². The molecule has 0 aromatic heterocycles. The van der Waals surface area contributed by atoms with E-state index in [-0.39, 0.29) is 17.1 Å². The molecular weight excluding hydrogens is 268 g/mol. The highest BCUT2D eigenvalue weighted by Gasteiger charge is 2.26. The summed E-state index contributed by atoms with van der Waals surface area (Å²) in [4.78, 5) is 11.3. The SMILES string of the molecule is COC(=O)C(C)CN(C)S(=O)(=O)c1ccccc1N. The molecular formula is C12H18N2O4S. The molecule has 0 fully saturated rings. The summed E-state index contributed by atoms with van der Waals surface area (Å²) >= 11 is 0. The number of sulfonamides is 1. The van der Waals surface area contributed by atoms with Gasteiger partial charge in [0.1, 0.15) is 4.90 Å². The first-order valence-corrected chi connectivity index (χ1v) is 7.13. The molecule has 0 bridgehead atoms. The molecule has 1 unspecified atom stereocenters. The maximum atomic E-state index is 12.3. The summed E-state index contributed by atoms with van der Waals surface area (Å²) in [5.74, 6) is -1.00. The van der Waals surface area contributed by atoms with Crippen LogP contribution in [0.4, 0.5) is 5.69 Å². The minimum Gasteiger partial charge on any atom is -0.469 e. The molecule has 0 aliphatic heterocycles. The largest absolute Gasteiger partial charge is 0.469 e. The van der Waals surface area contributed by atoms with Gasteiger partial charge in [0.25, 0.3) is 0 Å². The molecule has 0 spiro atoms. The van der Waals surface area contributed by atoms with E-state index in [2.05, 4.69) is 4.74 Å². The number of para-hydroxylation sites is 1. The number of nitrogen functional groups attached to an aromatic ring is 1. The van der Waals surface area contributed by atoms with Gasteiger partial charge in [0.2, 0.25) is 10.0 Å². The zero-order chi connectivity index (χ0) is 14.6. The van der Waals surface area contributed by atoms with Gasteiger partial charge in [0.15, 0.2) is 0 Å². The van der Waals surface area contributed by atoms with Crippen LogP contribution < -0.4 is 5.73 Å². The first-order valence-electron chi connectivity index (χ1n) is 5.69. The molecule has 0 radical (unpaired) electrons. The smallest absolute Gasteiger partial charge is 0.309 e. The molecule has 6 nitrogen and oxygen atoms in total. The van der Waals surface area contributed by atoms with E-state index in [1.165, 1.54) is 26.3 Å². The van der Waals surface area contributed by atoms with Crippen LogP contribution in [0.3, 0.4) is 0 Å². The molecule has 0 aliphatic rings. The highest BCUT2D eigenvalue weighted by Crippen LogP contribution is 2.21. The lowest BCUT2D eigenvalue weighted by Gasteiger charge is -2.20. The van der Waals surface area contributed by atoms with E-state index in [9.17, 15) is 13.2 Å². The monoisotopic (exact) mass is 286 g/mol. The third-order valence-corrected chi connectivity index (χ3v) is 4.64. The third kappa shape index (κ3) is 3.45. The van der Waals surface area contributed by atoms with Gasteiger partial charge in [0.05, 0.1) is 18.7 Å². The van der Waals surface area contributed by atoms with E-state index >= 15 is 0 Å². The quantitative estimate of drug-likeness (QED) is 0.635. The molecule has 1 rings (SSSR count). The molecule has 106 valence electrons. The number of hydrogen-bond donors (Lipinski definition) is 1. The van der Waals surface area contributed by atoms with Gasteiger partial charge >= 0.3 is 5.97 Å². The fourth-order valence-electron chi connectivity index (χ4n) is 1.64. The summed E-state index contributed by atoms with van der Waals surface area (Å²) in [5, 5.41) is 0. The Bertz CT molecular complexity index is 557. The van der Waals surface area contributed by atoms with Crippen molar-refractivity contribution in [2.24, 2.45) is 5.92 Å². The molecule has 1 atom stereocenters. The highest BCUT2D eigenvalue weighted by molar-refractivity contribution is 7.89. The predicted octanol–water partition coefficient (Wildman–Crippen LogP) is 0.698. The Kier molecular flexibility index (Phi) is 4.90. The van der Waals surface area contributed by atoms with Crippen molar-refractivity contribution in [1.82, 2.24) is 4.31 Å². The number of nitrogens with zero attached hydrogens (tertiary/aromatic N) is 1. The normalized spacial score (nSPS) is 13.3. The van der Waals surface area contributed by atoms with Crippen LogP contribution in [0.15, 0.2) is 29.2 Å². The fraction of sp³-hybridized carbons (Fsp3) is 0.417. The number of anilines is 1. The maximum Gasteiger partial charge on any atom is 0.309 e. The second-order valence-corrected chi connectivity index (χ2v) is 6.26. The van der Waals surface area contributed by atoms with Gasteiger partial charge in [0, 0.05) is 13.6 Å². The van der Waals surface area contributed by atoms with Crippen molar-refractivity contribution in [2.45, 2.75) is 11.8 Å². The summed E-state index contributed by atoms with van der Waals surface area (Å²) in [6.45, 7) is 1.63. The second kappa shape index (κ2) is 6.03. The van der Waals surface area contributed by atoms with Crippen molar-refractivity contribution in [2.75, 3.05) is 26.4 Å². The Balaban J connectivity index is 2.96. The second-order valence-electron chi connectivity index (χ2n) is 4.25. The van der Waals surface area contributed by atoms with Gasteiger partial charge in [-0.15, -0.1) is 0 Å². The summed E-state index contributed by atoms with van der Waals surface area (Å²) in [6.07, 6.45) is 0. The van der Waals surface area contributed by atoms with Crippen molar-refractivity contribution in [3.8, 4) is 0 Å². The molecule has 0 aliphatic carbocycles. The number of ether oxygens (including phenoxy) is 1. The van der Waals surface area contributed by atoms with Gasteiger partial charge in [-0.2, -0.15) is 0 Å². The Labute approximate surface area is 113 Å². The Hall–Kier alpha value is -1.60. The number of rotatable bonds is 5. The van der Waals surface area contributed by atoms with Crippen LogP contribution in [0.5, 0.6) is 0 Å². The average Bonchev–Trinajstić information content (AvgIpc) is 2.37. The third-order valence-electron chi connectivity index (χ3n) is 2.74. The average molecular weight is 286 g/mol. The topological polar surface area (TPSA) is 89.7 Å². The van der Waals surface area contributed by atoms with Crippen molar-refractivity contribution >= 4 is 21.7 Å². The van der Waals surface area contributed by atoms with E-state index in [0.717, 1.165) is 4.31 Å². The lowest BCUT2D eigenvalue weighted by molar-refractivity contribution is -0.144. The van der Waals surface area contributed by atoms with Gasteiger partial charge in [-0.3, -0.25) is 4.79 Å². The number of benzene rings is 1. The van der Waals surface area contributed by atoms with E-state index in [4.69, 9.17) is 5.73 Å². The Morgan fingerprint density at radius 2 is 2.00 bits per heavy atom. The van der Waals surface area contributed by atoms with Crippen molar-refractivity contribution in [3.05, 3.63) is 24.3 Å². The van der Waals surface area contributed by atoms with E-state index < -0.39 is 21.9 Å². The van der Waals surface area contributed by atoms with Gasteiger partial charge in [-0.05, 0) is 12.1 Å². The zero-order valence-corrected chi connectivity index (χ0v) is 12.0. The van der Waals surface area contributed by atoms with Crippen LogP contribution in [0, 0.1) is 5.92 Å². The van der Waals surface area contributed by atoms with Crippen LogP contribution in [0.25, 0.3) is 0 Å². The Morgan fingerprint density at radius 1 is 1.42 bits per heavy atom. The fourth-order valence-corrected chi connectivity index (χ4v) is 3.01. The van der Waals surface area contributed by atoms with Gasteiger partial charge < -0.3 is 10.5 Å². The van der Waals surface area contributed by atoms with Crippen LogP contribution in [-0.2, 0) is 19.6 Å². The zero-order valence-electron chi connectivity index (χ0n) is 11.2. The Morgan fingerprint density at radius 3 is 2.53 bits per heavy atom. The molecule has 7 heteroatoms. The van der Waals surface area contributed by atoms with E-state index in [1.54, 1.807) is 19.1 Å². The maximum absolute atomic E-state index is 12.3. The summed E-state index contributed by atoms with van der Waals surface area (Å²) in [5.41, 5.74) is 5.84. The van der Waals surface area contributed by atoms with Crippen molar-refractivity contribution < 1.29 is 17.9 Å². The van der Waals surface area contributed by atoms with E-state index in [1.807, 2.05) is 0 Å². The highest BCUT2D eigenvalue weighted by atomic mass is 32.2. The molecule has 1 aromatic carbocycles. The van der Waals surface area contributed by atoms with Crippen LogP contribution in [-0.4, -0.2) is 39.4 Å². The number of methoxy groups -OCH3 is 1. The van der Waals surface area contributed by atoms with Crippen LogP contribution in [0.2, 0.25) is 0 Å². The lowest BCUT2D eigenvalue weighted by atomic mass is 10.2. The number of hydrogen-bond acceptors (Lipinski definition) is 5. The van der Waals surface area contributed by atoms with Gasteiger partial charge in [-0.25, -0.2) is 12.7 Å². The van der Waals surface area contributed by atoms with E-state index in [0.29, 0.717) is 0 Å². The number of carbonyl (C=O) groups excluding carboxylic acids is 1. The minimum absolute atomic E-state index is 0.0311. The van der Waals surface area contributed by atoms with Crippen molar-refractivity contribution in [3.63, 3.8) is 0 Å². The molecule has 0 saturated carbocycles. The standard InChI is InChI=1S/C12H18N2O4S/c1-9(12(15)18-3)8-14(2)19(16,17)11-7-5-4-6-10(11)13/h4-7,9H,8,13H2,1-3H3. The molecule has 0 saturated heterocycles. The summed E-state index contributed by atoms with van der Waals surface area (Å²) in [7, 11) is -1.04. The first kappa shape index (κ1) is 15.5. The first-order chi connectivity index (χ1) is 8.80. The molecule has 0 heterocycles. The summed E-state index contributed by atoms with van der Waals surface area (Å²) in [6, 6.07) is 6.21. The molecule has 2 N–H and O–H groups in total. The summed E-state index contributed by atoms with van der Waals surface area (Å²) < 4.78 is 30.3. The molecule has 1 aromatic rings.